The fourth-order valence-electron chi connectivity index (χ4n) is 16.8. The molecule has 0 amide bonds. The first-order valence-electron chi connectivity index (χ1n) is 42.3. The van der Waals surface area contributed by atoms with E-state index in [4.69, 9.17) is 111 Å². The van der Waals surface area contributed by atoms with Crippen molar-refractivity contribution in [3.63, 3.8) is 0 Å². The summed E-state index contributed by atoms with van der Waals surface area (Å²) in [6, 6.07) is -3.39. The number of carboxylic acid groups (broad SMARTS) is 5. The van der Waals surface area contributed by atoms with Crippen molar-refractivity contribution in [3.05, 3.63) is 11.8 Å². The molecule has 0 aliphatic carbocycles. The third kappa shape index (κ3) is 23.8. The van der Waals surface area contributed by atoms with Crippen LogP contribution in [0.5, 0.6) is 0 Å². The van der Waals surface area contributed by atoms with Gasteiger partial charge in [0.15, 0.2) is 62.5 Å². The Hall–Kier alpha value is -5.27. The molecule has 796 valence electrons. The van der Waals surface area contributed by atoms with E-state index in [1.165, 1.54) is 0 Å². The third-order valence-corrected chi connectivity index (χ3v) is 24.8. The van der Waals surface area contributed by atoms with Crippen LogP contribution in [0.1, 0.15) is 12.8 Å². The number of aliphatic carboxylic acids is 5. The van der Waals surface area contributed by atoms with Crippen LogP contribution in [-0.2, 0) is 123 Å². The molecule has 0 unspecified atom stereocenters. The van der Waals surface area contributed by atoms with Crippen molar-refractivity contribution in [2.45, 2.75) is 356 Å². The standard InChI is InChI=1S/C73H116N2O63/c74-24-31(91)28(88)21(123-61(24)113)9-120-62-25(75)32(92)29(89)23(125-62)11-122-72(70(114)115)3-20(136-73(71(116)117)2-13(80)26(86)49(137-73)14(81)4-76)52(51(138-72)16(83)6-78)130-69-46(106)54(57(50(129-69)15(82)5-77)135-67-43(103)33(93)30(90)22(126-67)10-121-65-42(102)36(96)39(99)56(134-65)60(111)112)132-68-45(105)53(131-66-27(87)12(79)1-19(124-66)58(107)108)44(104)48(128-68)18(85)8-118-63-40(100)34(94)37(97)47(127-63)17(84)7-119-64-41(101)35(95)38(98)55(133-64)59(109)110/h1,12-18,20-57,61-69,76-106,113H,2-11,74-75H2,(H,107,108)(H,109,110)(H,111,112)(H,114,115)(H,116,117)/t12-,13+,14+,15-,16+,17-,18-,20+,21+,22+,23+,24+,25+,26+,27+,28+,29+,30+,31+,32+,33-,34-,35-,36-,37-,38+,39+,40-,41+,42+,43+,44+,45-,46-,47+,48+,49+,50+,51+,52+,53-,54+,55-,56-,57+,61-,62+,63-,64+,65+,66-,67-,68+,69+,72+,73+/m0/s1. The van der Waals surface area contributed by atoms with Gasteiger partial charge in [-0.25, -0.2) is 24.0 Å². The van der Waals surface area contributed by atoms with Crippen LogP contribution in [0.25, 0.3) is 0 Å². The van der Waals surface area contributed by atoms with Gasteiger partial charge in [0, 0.05) is 12.8 Å². The van der Waals surface area contributed by atoms with E-state index in [0.29, 0.717) is 6.08 Å². The van der Waals surface area contributed by atoms with Crippen molar-refractivity contribution >= 4 is 29.8 Å². The van der Waals surface area contributed by atoms with Crippen molar-refractivity contribution in [2.24, 2.45) is 11.5 Å². The van der Waals surface area contributed by atoms with Crippen molar-refractivity contribution in [1.29, 1.82) is 0 Å². The highest BCUT2D eigenvalue weighted by Gasteiger charge is 2.66. The second-order valence-electron chi connectivity index (χ2n) is 34.2. The number of nitrogens with two attached hydrogens (primary N) is 2. The SMILES string of the molecule is N[C@@H]1[C@@H](O)[C@H](O)[C@@H](CO[C@@H]2O[C@H](CO[C@]3(C(=O)O)C[C@@H](O[C@]4(C(=O)O)C[C@@H](O)[C@@H](O)[C@@H]([C@H](O)CO)O4)[C@@H](O[C@H]4O[C@H]([C@@H](O)CO)[C@@H](O[C@@H]5O[C@H](CO[C@@H]6O[C@H](C(=O)O)[C@H](O)[C@H](O)[C@H]6O)[C@@H](O)[C@H](O)[C@H]5O)[C@H](O[C@H]5O[C@H]([C@@H](O)CO[C@H]6O[C@H]([C@@H](O)CO[C@@H]7O[C@H](C(=O)O)[C@H](O)[C@H](O)[C@H]7O)[C@@H](O)[C@H](O)[C@@H]6O)[C@@H](O)[C@H](O[C@@H]6OC(C(=O)O)=C[C@H](O)[C@H]6O)[C@@H]5O)[C@@H]4O)[C@@H]([C@H](O)CO)O3)[C@@H](O)[C@H](O)[C@H]2N)O[C@@H]1O. The summed E-state index contributed by atoms with van der Waals surface area (Å²) in [7, 11) is 0. The molecule has 11 rings (SSSR count). The molecule has 65 nitrogen and oxygen atoms in total. The van der Waals surface area contributed by atoms with Crippen LogP contribution in [0.15, 0.2) is 11.8 Å². The molecule has 0 aromatic carbocycles. The summed E-state index contributed by atoms with van der Waals surface area (Å²) in [5, 5.41) is 411. The lowest BCUT2D eigenvalue weighted by molar-refractivity contribution is -0.418. The summed E-state index contributed by atoms with van der Waals surface area (Å²) in [5.74, 6) is -19.4. The zero-order valence-electron chi connectivity index (χ0n) is 71.1. The zero-order valence-corrected chi connectivity index (χ0v) is 71.1. The summed E-state index contributed by atoms with van der Waals surface area (Å²) < 4.78 is 120. The lowest BCUT2D eigenvalue weighted by Crippen LogP contribution is -2.71. The minimum atomic E-state index is -3.72. The van der Waals surface area contributed by atoms with Crippen molar-refractivity contribution in [1.82, 2.24) is 0 Å². The lowest BCUT2D eigenvalue weighted by atomic mass is 9.89. The summed E-state index contributed by atoms with van der Waals surface area (Å²) >= 11 is 0. The summed E-state index contributed by atoms with van der Waals surface area (Å²) in [5.41, 5.74) is 11.8. The molecule has 0 aromatic rings. The molecule has 41 N–H and O–H groups in total. The molecule has 0 spiro atoms. The van der Waals surface area contributed by atoms with Gasteiger partial charge >= 0.3 is 29.8 Å². The first-order valence-corrected chi connectivity index (χ1v) is 42.3. The average Bonchev–Trinajstić information content (AvgIpc) is 0.735. The van der Waals surface area contributed by atoms with Gasteiger partial charge in [-0.1, -0.05) is 0 Å². The predicted molar refractivity (Wildman–Crippen MR) is 407 cm³/mol. The third-order valence-electron chi connectivity index (χ3n) is 24.8. The maximum atomic E-state index is 14.2. The van der Waals surface area contributed by atoms with Gasteiger partial charge in [-0.3, -0.25) is 0 Å². The Morgan fingerprint density at radius 2 is 0.754 bits per heavy atom. The highest BCUT2D eigenvalue weighted by Crippen LogP contribution is 2.46. The normalized spacial score (nSPS) is 48.8. The van der Waals surface area contributed by atoms with Gasteiger partial charge in [-0.15, -0.1) is 0 Å². The minimum absolute atomic E-state index is 0.408. The van der Waals surface area contributed by atoms with E-state index in [2.05, 4.69) is 0 Å². The first kappa shape index (κ1) is 113. The second-order valence-corrected chi connectivity index (χ2v) is 34.2. The number of aliphatic hydroxyl groups excluding tert-OH is 32. The maximum Gasteiger partial charge on any atom is 0.371 e. The Bertz CT molecular complexity index is 3980. The second kappa shape index (κ2) is 47.1. The predicted octanol–water partition coefficient (Wildman–Crippen LogP) is -25.8. The van der Waals surface area contributed by atoms with Crippen molar-refractivity contribution < 1.29 is 312 Å². The van der Waals surface area contributed by atoms with Gasteiger partial charge in [-0.2, -0.15) is 0 Å². The van der Waals surface area contributed by atoms with Gasteiger partial charge in [-0.05, 0) is 6.08 Å². The van der Waals surface area contributed by atoms with Crippen molar-refractivity contribution in [2.75, 3.05) is 52.9 Å². The van der Waals surface area contributed by atoms with Crippen LogP contribution >= 0.6 is 0 Å². The van der Waals surface area contributed by atoms with Crippen LogP contribution < -0.4 is 11.5 Å². The Morgan fingerprint density at radius 3 is 1.29 bits per heavy atom. The molecule has 56 atom stereocenters. The van der Waals surface area contributed by atoms with E-state index < -0.39 is 444 Å². The lowest BCUT2D eigenvalue weighted by Gasteiger charge is -2.53. The molecule has 10 saturated heterocycles. The summed E-state index contributed by atoms with van der Waals surface area (Å²) in [6.45, 7) is -11.2. The van der Waals surface area contributed by atoms with E-state index in [9.17, 15) is 213 Å². The first-order chi connectivity index (χ1) is 64.7. The zero-order chi connectivity index (χ0) is 102. The van der Waals surface area contributed by atoms with E-state index in [0.717, 1.165) is 0 Å². The number of carboxylic acids is 5. The molecule has 11 aliphatic rings. The summed E-state index contributed by atoms with van der Waals surface area (Å²) in [6.07, 6.45) is -133. The van der Waals surface area contributed by atoms with Gasteiger partial charge in [0.05, 0.1) is 77.1 Å². The van der Waals surface area contributed by atoms with Gasteiger partial charge < -0.3 is 300 Å². The molecule has 65 heteroatoms. The number of hydrogen-bond acceptors (Lipinski definition) is 60. The highest BCUT2D eigenvalue weighted by atomic mass is 16.8. The highest BCUT2D eigenvalue weighted by molar-refractivity contribution is 5.84. The van der Waals surface area contributed by atoms with E-state index in [1.54, 1.807) is 0 Å². The van der Waals surface area contributed by atoms with Crippen LogP contribution in [0.4, 0.5) is 0 Å². The number of carbonyl (C=O) groups is 5. The topological polar surface area (TPSA) is 1080 Å². The number of ether oxygens (including phenoxy) is 21. The minimum Gasteiger partial charge on any atom is -0.479 e. The van der Waals surface area contributed by atoms with E-state index in [-0.39, 0.29) is 0 Å². The Kier molecular flexibility index (Phi) is 38.6. The fraction of sp³-hybridized carbons (Fsp3) is 0.904. The number of rotatable bonds is 38. The van der Waals surface area contributed by atoms with E-state index >= 15 is 0 Å². The van der Waals surface area contributed by atoms with Crippen LogP contribution in [0.2, 0.25) is 0 Å². The molecule has 10 fully saturated rings. The average molecular weight is 2030 g/mol. The molecule has 0 bridgehead atoms. The van der Waals surface area contributed by atoms with Gasteiger partial charge in [0.1, 0.15) is 238 Å². The smallest absolute Gasteiger partial charge is 0.371 e. The van der Waals surface area contributed by atoms with Crippen LogP contribution in [0.3, 0.4) is 0 Å². The Morgan fingerprint density at radius 1 is 0.348 bits per heavy atom. The Balaban J connectivity index is 0.986. The number of aliphatic hydroxyl groups is 32. The Labute approximate surface area is 772 Å². The molecule has 0 saturated carbocycles. The molecule has 0 radical (unpaired) electrons. The maximum absolute atomic E-state index is 14.2. The monoisotopic (exact) mass is 2030 g/mol. The van der Waals surface area contributed by atoms with Crippen LogP contribution in [-0.4, -0.2) is 614 Å². The largest absolute Gasteiger partial charge is 0.479 e. The van der Waals surface area contributed by atoms with Crippen LogP contribution in [0, 0.1) is 0 Å². The number of hydrogen-bond donors (Lipinski definition) is 39. The molecular formula is C73H116N2O63. The van der Waals surface area contributed by atoms with Gasteiger partial charge in [0.2, 0.25) is 12.0 Å². The fourth-order valence-corrected chi connectivity index (χ4v) is 16.8. The van der Waals surface area contributed by atoms with E-state index in [1.807, 2.05) is 0 Å². The molecule has 138 heavy (non-hydrogen) atoms. The molecule has 11 heterocycles. The quantitative estimate of drug-likeness (QED) is 0.0273. The molecular weight excluding hydrogens is 1910 g/mol. The molecule has 11 aliphatic heterocycles. The van der Waals surface area contributed by atoms with Crippen molar-refractivity contribution in [3.8, 4) is 0 Å². The van der Waals surface area contributed by atoms with Gasteiger partial charge in [0.25, 0.3) is 11.6 Å². The molecule has 0 aromatic heterocycles. The summed E-state index contributed by atoms with van der Waals surface area (Å²) in [4.78, 5) is 64.4.